The second-order valence-corrected chi connectivity index (χ2v) is 4.84. The Balaban J connectivity index is 2.25. The van der Waals surface area contributed by atoms with E-state index in [1.165, 1.54) is 25.7 Å². The molecule has 1 aliphatic rings. The molecule has 0 aromatic heterocycles. The summed E-state index contributed by atoms with van der Waals surface area (Å²) in [6.45, 7) is 6.22. The standard InChI is InChI=1S/C12H24N2O2/c1-10(2)14(11-5-3-4-6-11)8-7-13-9-12(15)16/h10-11,13H,3-9H2,1-2H3,(H,15,16). The van der Waals surface area contributed by atoms with Crippen LogP contribution in [0.15, 0.2) is 0 Å². The minimum atomic E-state index is -0.781. The zero-order chi connectivity index (χ0) is 12.0. The zero-order valence-electron chi connectivity index (χ0n) is 10.4. The fraction of sp³-hybridized carbons (Fsp3) is 0.917. The SMILES string of the molecule is CC(C)N(CCNCC(=O)O)C1CCCC1. The highest BCUT2D eigenvalue weighted by Gasteiger charge is 2.23. The lowest BCUT2D eigenvalue weighted by Crippen LogP contribution is -2.43. The maximum Gasteiger partial charge on any atom is 0.317 e. The molecule has 0 spiro atoms. The van der Waals surface area contributed by atoms with Crippen LogP contribution >= 0.6 is 0 Å². The summed E-state index contributed by atoms with van der Waals surface area (Å²) < 4.78 is 0. The first-order valence-electron chi connectivity index (χ1n) is 6.29. The number of carbonyl (C=O) groups is 1. The molecule has 0 aromatic rings. The molecule has 1 fully saturated rings. The van der Waals surface area contributed by atoms with Crippen LogP contribution in [0, 0.1) is 0 Å². The van der Waals surface area contributed by atoms with Crippen LogP contribution in [0.4, 0.5) is 0 Å². The zero-order valence-corrected chi connectivity index (χ0v) is 10.4. The van der Waals surface area contributed by atoms with Gasteiger partial charge in [0.1, 0.15) is 0 Å². The number of aliphatic carboxylic acids is 1. The molecule has 0 bridgehead atoms. The van der Waals surface area contributed by atoms with Crippen LogP contribution in [0.5, 0.6) is 0 Å². The number of hydrogen-bond donors (Lipinski definition) is 2. The van der Waals surface area contributed by atoms with E-state index in [9.17, 15) is 4.79 Å². The first kappa shape index (κ1) is 13.5. The molecule has 94 valence electrons. The van der Waals surface area contributed by atoms with Gasteiger partial charge in [0.05, 0.1) is 6.54 Å². The number of rotatable bonds is 7. The van der Waals surface area contributed by atoms with Crippen molar-refractivity contribution in [3.8, 4) is 0 Å². The average Bonchev–Trinajstić information content (AvgIpc) is 2.69. The summed E-state index contributed by atoms with van der Waals surface area (Å²) in [5.41, 5.74) is 0. The molecule has 0 aliphatic heterocycles. The molecule has 16 heavy (non-hydrogen) atoms. The third-order valence-corrected chi connectivity index (χ3v) is 3.28. The van der Waals surface area contributed by atoms with Crippen molar-refractivity contribution in [2.24, 2.45) is 0 Å². The van der Waals surface area contributed by atoms with E-state index in [0.717, 1.165) is 13.1 Å². The monoisotopic (exact) mass is 228 g/mol. The Hall–Kier alpha value is -0.610. The van der Waals surface area contributed by atoms with Crippen LogP contribution in [0.2, 0.25) is 0 Å². The van der Waals surface area contributed by atoms with Crippen molar-refractivity contribution in [2.45, 2.75) is 51.6 Å². The number of hydrogen-bond acceptors (Lipinski definition) is 3. The van der Waals surface area contributed by atoms with Gasteiger partial charge in [0.2, 0.25) is 0 Å². The normalized spacial score (nSPS) is 17.5. The molecule has 0 aromatic carbocycles. The van der Waals surface area contributed by atoms with Crippen molar-refractivity contribution in [2.75, 3.05) is 19.6 Å². The first-order chi connectivity index (χ1) is 7.61. The van der Waals surface area contributed by atoms with Gasteiger partial charge in [-0.2, -0.15) is 0 Å². The highest BCUT2D eigenvalue weighted by Crippen LogP contribution is 2.24. The van der Waals surface area contributed by atoms with Crippen molar-refractivity contribution < 1.29 is 9.90 Å². The van der Waals surface area contributed by atoms with Gasteiger partial charge in [-0.3, -0.25) is 9.69 Å². The summed E-state index contributed by atoms with van der Waals surface area (Å²) in [7, 11) is 0. The summed E-state index contributed by atoms with van der Waals surface area (Å²) in [5, 5.41) is 11.5. The molecular formula is C12H24N2O2. The van der Waals surface area contributed by atoms with Gasteiger partial charge in [-0.15, -0.1) is 0 Å². The van der Waals surface area contributed by atoms with Crippen molar-refractivity contribution >= 4 is 5.97 Å². The molecule has 4 heteroatoms. The van der Waals surface area contributed by atoms with Crippen LogP contribution in [0.3, 0.4) is 0 Å². The number of nitrogens with zero attached hydrogens (tertiary/aromatic N) is 1. The molecule has 0 saturated heterocycles. The van der Waals surface area contributed by atoms with Gasteiger partial charge < -0.3 is 10.4 Å². The molecule has 2 N–H and O–H groups in total. The van der Waals surface area contributed by atoms with E-state index in [-0.39, 0.29) is 6.54 Å². The van der Waals surface area contributed by atoms with Crippen LogP contribution in [0.1, 0.15) is 39.5 Å². The molecule has 1 rings (SSSR count). The number of carboxylic acids is 1. The molecule has 1 saturated carbocycles. The van der Waals surface area contributed by atoms with E-state index in [2.05, 4.69) is 24.1 Å². The lowest BCUT2D eigenvalue weighted by atomic mass is 10.1. The predicted octanol–water partition coefficient (Wildman–Crippen LogP) is 1.31. The second-order valence-electron chi connectivity index (χ2n) is 4.84. The molecule has 0 atom stereocenters. The van der Waals surface area contributed by atoms with Gasteiger partial charge in [-0.25, -0.2) is 0 Å². The van der Waals surface area contributed by atoms with Crippen LogP contribution in [-0.4, -0.2) is 47.7 Å². The van der Waals surface area contributed by atoms with Gasteiger partial charge in [0.25, 0.3) is 0 Å². The van der Waals surface area contributed by atoms with E-state index >= 15 is 0 Å². The van der Waals surface area contributed by atoms with Crippen LogP contribution < -0.4 is 5.32 Å². The fourth-order valence-electron chi connectivity index (χ4n) is 2.50. The Kier molecular flexibility index (Phi) is 5.77. The van der Waals surface area contributed by atoms with Gasteiger partial charge in [-0.1, -0.05) is 12.8 Å². The Morgan fingerprint density at radius 1 is 1.44 bits per heavy atom. The summed E-state index contributed by atoms with van der Waals surface area (Å²) in [5.74, 6) is -0.781. The van der Waals surface area contributed by atoms with Gasteiger partial charge in [0, 0.05) is 25.2 Å². The Labute approximate surface area is 98.0 Å². The summed E-state index contributed by atoms with van der Waals surface area (Å²) in [6.07, 6.45) is 5.29. The Bertz CT molecular complexity index is 213. The summed E-state index contributed by atoms with van der Waals surface area (Å²) in [4.78, 5) is 12.9. The molecule has 0 unspecified atom stereocenters. The highest BCUT2D eigenvalue weighted by atomic mass is 16.4. The largest absolute Gasteiger partial charge is 0.480 e. The van der Waals surface area contributed by atoms with E-state index in [4.69, 9.17) is 5.11 Å². The predicted molar refractivity (Wildman–Crippen MR) is 64.6 cm³/mol. The van der Waals surface area contributed by atoms with E-state index < -0.39 is 5.97 Å². The highest BCUT2D eigenvalue weighted by molar-refractivity contribution is 5.68. The Morgan fingerprint density at radius 3 is 2.56 bits per heavy atom. The lowest BCUT2D eigenvalue weighted by Gasteiger charge is -2.32. The molecule has 0 amide bonds. The smallest absolute Gasteiger partial charge is 0.317 e. The van der Waals surface area contributed by atoms with Crippen molar-refractivity contribution in [3.05, 3.63) is 0 Å². The average molecular weight is 228 g/mol. The number of nitrogens with one attached hydrogen (secondary N) is 1. The van der Waals surface area contributed by atoms with E-state index in [1.54, 1.807) is 0 Å². The van der Waals surface area contributed by atoms with Crippen LogP contribution in [-0.2, 0) is 4.79 Å². The van der Waals surface area contributed by atoms with E-state index in [1.807, 2.05) is 0 Å². The maximum atomic E-state index is 10.4. The lowest BCUT2D eigenvalue weighted by molar-refractivity contribution is -0.135. The van der Waals surface area contributed by atoms with Gasteiger partial charge >= 0.3 is 5.97 Å². The molecule has 0 heterocycles. The third-order valence-electron chi connectivity index (χ3n) is 3.28. The summed E-state index contributed by atoms with van der Waals surface area (Å²) >= 11 is 0. The topological polar surface area (TPSA) is 52.6 Å². The quantitative estimate of drug-likeness (QED) is 0.645. The first-order valence-corrected chi connectivity index (χ1v) is 6.29. The summed E-state index contributed by atoms with van der Waals surface area (Å²) in [6, 6.07) is 1.27. The minimum Gasteiger partial charge on any atom is -0.480 e. The fourth-order valence-corrected chi connectivity index (χ4v) is 2.50. The Morgan fingerprint density at radius 2 is 2.06 bits per heavy atom. The number of carboxylic acid groups (broad SMARTS) is 1. The van der Waals surface area contributed by atoms with Gasteiger partial charge in [0.15, 0.2) is 0 Å². The molecule has 1 aliphatic carbocycles. The van der Waals surface area contributed by atoms with Crippen molar-refractivity contribution in [1.82, 2.24) is 10.2 Å². The van der Waals surface area contributed by atoms with Crippen molar-refractivity contribution in [3.63, 3.8) is 0 Å². The van der Waals surface area contributed by atoms with E-state index in [0.29, 0.717) is 12.1 Å². The molecular weight excluding hydrogens is 204 g/mol. The second kappa shape index (κ2) is 6.86. The maximum absolute atomic E-state index is 10.4. The molecule has 4 nitrogen and oxygen atoms in total. The van der Waals surface area contributed by atoms with Crippen LogP contribution in [0.25, 0.3) is 0 Å². The minimum absolute atomic E-state index is 0.0661. The van der Waals surface area contributed by atoms with Gasteiger partial charge in [-0.05, 0) is 26.7 Å². The third kappa shape index (κ3) is 4.49. The van der Waals surface area contributed by atoms with Crippen molar-refractivity contribution in [1.29, 1.82) is 0 Å². The molecule has 0 radical (unpaired) electrons.